The zero-order valence-electron chi connectivity index (χ0n) is 9.40. The molecule has 15 heavy (non-hydrogen) atoms. The van der Waals surface area contributed by atoms with Crippen molar-refractivity contribution in [1.82, 2.24) is 5.32 Å². The third kappa shape index (κ3) is 6.22. The fourth-order valence-electron chi connectivity index (χ4n) is 1.20. The summed E-state index contributed by atoms with van der Waals surface area (Å²) in [6.45, 7) is 0.506. The van der Waals surface area contributed by atoms with Crippen LogP contribution in [0.4, 0.5) is 0 Å². The molecular weight excluding hydrogens is 198 g/mol. The molecule has 0 amide bonds. The largest absolute Gasteiger partial charge is 0.481 e. The SMILES string of the molecule is CNC(COC)[C@@H](/C=C/CC(=O)O)OC. The number of methoxy groups -OCH3 is 2. The van der Waals surface area contributed by atoms with E-state index in [0.717, 1.165) is 0 Å². The highest BCUT2D eigenvalue weighted by molar-refractivity contribution is 5.68. The Balaban J connectivity index is 4.19. The van der Waals surface area contributed by atoms with Gasteiger partial charge in [-0.2, -0.15) is 0 Å². The van der Waals surface area contributed by atoms with Crippen LogP contribution in [0.3, 0.4) is 0 Å². The fourth-order valence-corrected chi connectivity index (χ4v) is 1.20. The number of carbonyl (C=O) groups is 1. The maximum atomic E-state index is 10.3. The topological polar surface area (TPSA) is 67.8 Å². The van der Waals surface area contributed by atoms with Crippen molar-refractivity contribution in [1.29, 1.82) is 0 Å². The maximum absolute atomic E-state index is 10.3. The molecule has 0 heterocycles. The van der Waals surface area contributed by atoms with Crippen LogP contribution in [0.25, 0.3) is 0 Å². The third-order valence-corrected chi connectivity index (χ3v) is 2.00. The van der Waals surface area contributed by atoms with E-state index in [-0.39, 0.29) is 18.6 Å². The molecule has 2 N–H and O–H groups in total. The van der Waals surface area contributed by atoms with Gasteiger partial charge in [-0.15, -0.1) is 0 Å². The van der Waals surface area contributed by atoms with Crippen LogP contribution in [0, 0.1) is 0 Å². The van der Waals surface area contributed by atoms with Gasteiger partial charge in [0.1, 0.15) is 0 Å². The predicted octanol–water partition coefficient (Wildman–Crippen LogP) is 0.267. The monoisotopic (exact) mass is 217 g/mol. The first-order valence-corrected chi connectivity index (χ1v) is 4.73. The number of ether oxygens (including phenoxy) is 2. The molecule has 1 unspecified atom stereocenters. The smallest absolute Gasteiger partial charge is 0.307 e. The summed E-state index contributed by atoms with van der Waals surface area (Å²) >= 11 is 0. The van der Waals surface area contributed by atoms with E-state index in [2.05, 4.69) is 5.32 Å². The Labute approximate surface area is 90.1 Å². The minimum Gasteiger partial charge on any atom is -0.481 e. The van der Waals surface area contributed by atoms with Crippen molar-refractivity contribution in [3.05, 3.63) is 12.2 Å². The first-order chi connectivity index (χ1) is 7.15. The molecule has 0 radical (unpaired) electrons. The van der Waals surface area contributed by atoms with E-state index < -0.39 is 5.97 Å². The Bertz CT molecular complexity index is 206. The first-order valence-electron chi connectivity index (χ1n) is 4.73. The highest BCUT2D eigenvalue weighted by Crippen LogP contribution is 2.02. The number of carboxylic acid groups (broad SMARTS) is 1. The second-order valence-electron chi connectivity index (χ2n) is 3.08. The van der Waals surface area contributed by atoms with Crippen LogP contribution in [0.15, 0.2) is 12.2 Å². The standard InChI is InChI=1S/C10H19NO4/c1-11-8(7-14-2)9(15-3)5-4-6-10(12)13/h4-5,8-9,11H,6-7H2,1-3H3,(H,12,13)/b5-4+/t8?,9-/m1/s1. The molecule has 0 aliphatic carbocycles. The van der Waals surface area contributed by atoms with Crippen LogP contribution in [-0.4, -0.2) is 51.1 Å². The van der Waals surface area contributed by atoms with E-state index in [9.17, 15) is 4.79 Å². The Hall–Kier alpha value is -0.910. The molecule has 5 nitrogen and oxygen atoms in total. The maximum Gasteiger partial charge on any atom is 0.307 e. The Morgan fingerprint density at radius 1 is 1.53 bits per heavy atom. The lowest BCUT2D eigenvalue weighted by Crippen LogP contribution is -2.41. The van der Waals surface area contributed by atoms with Gasteiger partial charge in [0.25, 0.3) is 0 Å². The molecule has 0 fully saturated rings. The zero-order valence-corrected chi connectivity index (χ0v) is 9.40. The van der Waals surface area contributed by atoms with Crippen molar-refractivity contribution in [3.63, 3.8) is 0 Å². The van der Waals surface area contributed by atoms with Gasteiger partial charge in [0.05, 0.1) is 25.2 Å². The van der Waals surface area contributed by atoms with Crippen LogP contribution in [0.2, 0.25) is 0 Å². The molecule has 88 valence electrons. The van der Waals surface area contributed by atoms with Crippen molar-refractivity contribution in [2.24, 2.45) is 0 Å². The van der Waals surface area contributed by atoms with E-state index >= 15 is 0 Å². The zero-order chi connectivity index (χ0) is 11.7. The summed E-state index contributed by atoms with van der Waals surface area (Å²) in [5, 5.41) is 11.5. The lowest BCUT2D eigenvalue weighted by Gasteiger charge is -2.22. The Morgan fingerprint density at radius 2 is 2.20 bits per heavy atom. The second-order valence-corrected chi connectivity index (χ2v) is 3.08. The molecule has 0 aliphatic rings. The number of hydrogen-bond acceptors (Lipinski definition) is 4. The molecule has 0 bridgehead atoms. The molecule has 0 aromatic carbocycles. The molecule has 0 spiro atoms. The average molecular weight is 217 g/mol. The molecule has 2 atom stereocenters. The molecule has 0 aromatic heterocycles. The fraction of sp³-hybridized carbons (Fsp3) is 0.700. The van der Waals surface area contributed by atoms with Crippen molar-refractivity contribution in [2.75, 3.05) is 27.9 Å². The highest BCUT2D eigenvalue weighted by atomic mass is 16.5. The number of rotatable bonds is 8. The summed E-state index contributed by atoms with van der Waals surface area (Å²) in [6, 6.07) is 0.0186. The van der Waals surface area contributed by atoms with Gasteiger partial charge in [-0.25, -0.2) is 0 Å². The van der Waals surface area contributed by atoms with Gasteiger partial charge < -0.3 is 19.9 Å². The summed E-state index contributed by atoms with van der Waals surface area (Å²) in [7, 11) is 4.99. The van der Waals surface area contributed by atoms with Gasteiger partial charge in [-0.3, -0.25) is 4.79 Å². The average Bonchev–Trinajstić information content (AvgIpc) is 2.21. The molecule has 0 saturated heterocycles. The minimum absolute atomic E-state index is 0.00325. The van der Waals surface area contributed by atoms with Gasteiger partial charge in [0.2, 0.25) is 0 Å². The lowest BCUT2D eigenvalue weighted by molar-refractivity contribution is -0.136. The van der Waals surface area contributed by atoms with Gasteiger partial charge in [-0.1, -0.05) is 12.2 Å². The number of likely N-dealkylation sites (N-methyl/N-ethyl adjacent to an activating group) is 1. The van der Waals surface area contributed by atoms with Crippen LogP contribution >= 0.6 is 0 Å². The molecule has 0 aliphatic heterocycles. The van der Waals surface area contributed by atoms with Crippen molar-refractivity contribution >= 4 is 5.97 Å². The summed E-state index contributed by atoms with van der Waals surface area (Å²) in [4.78, 5) is 10.3. The molecule has 0 saturated carbocycles. The quantitative estimate of drug-likeness (QED) is 0.571. The van der Waals surface area contributed by atoms with Gasteiger partial charge in [0.15, 0.2) is 0 Å². The second kappa shape index (κ2) is 8.40. The Kier molecular flexibility index (Phi) is 7.89. The summed E-state index contributed by atoms with van der Waals surface area (Å²) in [6.07, 6.45) is 3.13. The highest BCUT2D eigenvalue weighted by Gasteiger charge is 2.16. The normalized spacial score (nSPS) is 15.4. The van der Waals surface area contributed by atoms with Gasteiger partial charge in [-0.05, 0) is 7.05 Å². The first kappa shape index (κ1) is 14.1. The van der Waals surface area contributed by atoms with E-state index in [0.29, 0.717) is 6.61 Å². The molecular formula is C10H19NO4. The van der Waals surface area contributed by atoms with Gasteiger partial charge in [0, 0.05) is 14.2 Å². The lowest BCUT2D eigenvalue weighted by atomic mass is 10.1. The van der Waals surface area contributed by atoms with Crippen molar-refractivity contribution in [3.8, 4) is 0 Å². The van der Waals surface area contributed by atoms with E-state index in [1.54, 1.807) is 33.4 Å². The number of aliphatic carboxylic acids is 1. The van der Waals surface area contributed by atoms with Crippen molar-refractivity contribution < 1.29 is 19.4 Å². The van der Waals surface area contributed by atoms with Crippen LogP contribution in [0.1, 0.15) is 6.42 Å². The van der Waals surface area contributed by atoms with E-state index in [1.165, 1.54) is 0 Å². The summed E-state index contributed by atoms with van der Waals surface area (Å²) in [5.41, 5.74) is 0. The number of nitrogens with one attached hydrogen (secondary N) is 1. The molecule has 5 heteroatoms. The van der Waals surface area contributed by atoms with Crippen LogP contribution < -0.4 is 5.32 Å². The van der Waals surface area contributed by atoms with E-state index in [4.69, 9.17) is 14.6 Å². The van der Waals surface area contributed by atoms with Crippen LogP contribution in [-0.2, 0) is 14.3 Å². The summed E-state index contributed by atoms with van der Waals surface area (Å²) in [5.74, 6) is -0.853. The summed E-state index contributed by atoms with van der Waals surface area (Å²) < 4.78 is 10.2. The molecule has 0 aromatic rings. The van der Waals surface area contributed by atoms with Gasteiger partial charge >= 0.3 is 5.97 Å². The van der Waals surface area contributed by atoms with E-state index in [1.807, 2.05) is 0 Å². The predicted molar refractivity (Wildman–Crippen MR) is 56.9 cm³/mol. The molecule has 0 rings (SSSR count). The third-order valence-electron chi connectivity index (χ3n) is 2.00. The number of carboxylic acids is 1. The van der Waals surface area contributed by atoms with Crippen molar-refractivity contribution in [2.45, 2.75) is 18.6 Å². The minimum atomic E-state index is -0.853. The van der Waals surface area contributed by atoms with Crippen LogP contribution in [0.5, 0.6) is 0 Å². The number of hydrogen-bond donors (Lipinski definition) is 2. The Morgan fingerprint density at radius 3 is 2.60 bits per heavy atom.